The molecular weight excluding hydrogens is 324 g/mol. The summed E-state index contributed by atoms with van der Waals surface area (Å²) in [6.07, 6.45) is 0.472. The van der Waals surface area contributed by atoms with Gasteiger partial charge in [0.2, 0.25) is 0 Å². The van der Waals surface area contributed by atoms with Crippen LogP contribution in [0.25, 0.3) is 11.3 Å². The first-order valence-electron chi connectivity index (χ1n) is 6.10. The van der Waals surface area contributed by atoms with E-state index in [1.54, 1.807) is 7.11 Å². The standard InChI is InChI=1S/C14H15BrN2O3/c1-17-11(7-8-12(18)19)16-13(14(17)15)9-3-5-10(20-2)6-4-9/h3-6H,7-8H2,1-2H3,(H,18,19). The number of carbonyl (C=O) groups is 1. The van der Waals surface area contributed by atoms with Crippen LogP contribution in [0.4, 0.5) is 0 Å². The van der Waals surface area contributed by atoms with Gasteiger partial charge in [0, 0.05) is 19.0 Å². The molecule has 0 amide bonds. The minimum Gasteiger partial charge on any atom is -0.497 e. The lowest BCUT2D eigenvalue weighted by Crippen LogP contribution is -2.03. The lowest BCUT2D eigenvalue weighted by atomic mass is 10.1. The van der Waals surface area contributed by atoms with E-state index in [4.69, 9.17) is 9.84 Å². The molecule has 2 aromatic rings. The van der Waals surface area contributed by atoms with Crippen molar-refractivity contribution in [1.29, 1.82) is 0 Å². The summed E-state index contributed by atoms with van der Waals surface area (Å²) in [5.41, 5.74) is 1.75. The van der Waals surface area contributed by atoms with E-state index in [2.05, 4.69) is 20.9 Å². The van der Waals surface area contributed by atoms with Crippen molar-refractivity contribution in [3.63, 3.8) is 0 Å². The van der Waals surface area contributed by atoms with E-state index < -0.39 is 5.97 Å². The lowest BCUT2D eigenvalue weighted by molar-refractivity contribution is -0.137. The first kappa shape index (κ1) is 14.6. The summed E-state index contributed by atoms with van der Waals surface area (Å²) >= 11 is 3.50. The quantitative estimate of drug-likeness (QED) is 0.910. The first-order chi connectivity index (χ1) is 9.52. The minimum atomic E-state index is -0.824. The monoisotopic (exact) mass is 338 g/mol. The summed E-state index contributed by atoms with van der Waals surface area (Å²) in [4.78, 5) is 15.2. The van der Waals surface area contributed by atoms with Crippen LogP contribution < -0.4 is 4.74 Å². The van der Waals surface area contributed by atoms with E-state index in [1.165, 1.54) is 0 Å². The van der Waals surface area contributed by atoms with Gasteiger partial charge in [-0.2, -0.15) is 0 Å². The molecule has 5 nitrogen and oxygen atoms in total. The van der Waals surface area contributed by atoms with Crippen LogP contribution in [0.15, 0.2) is 28.9 Å². The zero-order valence-corrected chi connectivity index (χ0v) is 12.8. The molecule has 1 aromatic heterocycles. The van der Waals surface area contributed by atoms with Crippen molar-refractivity contribution in [2.45, 2.75) is 12.8 Å². The van der Waals surface area contributed by atoms with Crippen molar-refractivity contribution in [1.82, 2.24) is 9.55 Å². The number of aryl methyl sites for hydroxylation is 1. The zero-order valence-electron chi connectivity index (χ0n) is 11.3. The maximum absolute atomic E-state index is 10.7. The van der Waals surface area contributed by atoms with Crippen molar-refractivity contribution in [3.05, 3.63) is 34.7 Å². The average Bonchev–Trinajstić information content (AvgIpc) is 2.73. The molecule has 0 saturated heterocycles. The number of aromatic nitrogens is 2. The fourth-order valence-electron chi connectivity index (χ4n) is 1.90. The summed E-state index contributed by atoms with van der Waals surface area (Å²) in [6.45, 7) is 0. The second-order valence-electron chi connectivity index (χ2n) is 4.35. The number of methoxy groups -OCH3 is 1. The van der Waals surface area contributed by atoms with E-state index in [-0.39, 0.29) is 6.42 Å². The molecule has 0 saturated carbocycles. The minimum absolute atomic E-state index is 0.0688. The van der Waals surface area contributed by atoms with Crippen LogP contribution in [0.1, 0.15) is 12.2 Å². The van der Waals surface area contributed by atoms with E-state index in [9.17, 15) is 4.79 Å². The number of benzene rings is 1. The number of carboxylic acid groups (broad SMARTS) is 1. The molecule has 0 bridgehead atoms. The first-order valence-corrected chi connectivity index (χ1v) is 6.89. The van der Waals surface area contributed by atoms with Gasteiger partial charge in [-0.15, -0.1) is 0 Å². The molecule has 1 N–H and O–H groups in total. The zero-order chi connectivity index (χ0) is 14.7. The van der Waals surface area contributed by atoms with Crippen molar-refractivity contribution in [3.8, 4) is 17.0 Å². The Morgan fingerprint density at radius 1 is 1.40 bits per heavy atom. The molecule has 0 aliphatic rings. The smallest absolute Gasteiger partial charge is 0.303 e. The number of rotatable bonds is 5. The maximum atomic E-state index is 10.7. The maximum Gasteiger partial charge on any atom is 0.303 e. The van der Waals surface area contributed by atoms with Gasteiger partial charge >= 0.3 is 5.97 Å². The van der Waals surface area contributed by atoms with E-state index >= 15 is 0 Å². The molecule has 1 aromatic carbocycles. The molecule has 0 spiro atoms. The van der Waals surface area contributed by atoms with Crippen molar-refractivity contribution >= 4 is 21.9 Å². The van der Waals surface area contributed by atoms with Gasteiger partial charge in [-0.25, -0.2) is 4.98 Å². The van der Waals surface area contributed by atoms with Crippen LogP contribution >= 0.6 is 15.9 Å². The summed E-state index contributed by atoms with van der Waals surface area (Å²) < 4.78 is 7.83. The van der Waals surface area contributed by atoms with E-state index in [1.807, 2.05) is 35.9 Å². The molecule has 0 aliphatic carbocycles. The topological polar surface area (TPSA) is 64.3 Å². The molecular formula is C14H15BrN2O3. The van der Waals surface area contributed by atoms with E-state index in [0.717, 1.165) is 27.4 Å². The third-order valence-electron chi connectivity index (χ3n) is 3.04. The molecule has 0 aliphatic heterocycles. The van der Waals surface area contributed by atoms with E-state index in [0.29, 0.717) is 6.42 Å². The number of halogens is 1. The van der Waals surface area contributed by atoms with Gasteiger partial charge < -0.3 is 14.4 Å². The van der Waals surface area contributed by atoms with Gasteiger partial charge in [0.15, 0.2) is 0 Å². The predicted octanol–water partition coefficient (Wildman–Crippen LogP) is 2.88. The highest BCUT2D eigenvalue weighted by Crippen LogP contribution is 2.29. The summed E-state index contributed by atoms with van der Waals surface area (Å²) in [6, 6.07) is 7.58. The van der Waals surface area contributed by atoms with Gasteiger partial charge in [0.05, 0.1) is 13.5 Å². The lowest BCUT2D eigenvalue weighted by Gasteiger charge is -2.02. The number of imidazole rings is 1. The SMILES string of the molecule is COc1ccc(-c2nc(CCC(=O)O)n(C)c2Br)cc1. The normalized spacial score (nSPS) is 10.6. The Kier molecular flexibility index (Phi) is 4.44. The van der Waals surface area contributed by atoms with Crippen LogP contribution in [-0.2, 0) is 18.3 Å². The predicted molar refractivity (Wildman–Crippen MR) is 78.9 cm³/mol. The van der Waals surface area contributed by atoms with Crippen LogP contribution in [0.3, 0.4) is 0 Å². The molecule has 0 atom stereocenters. The largest absolute Gasteiger partial charge is 0.497 e. The van der Waals surface area contributed by atoms with Crippen LogP contribution in [-0.4, -0.2) is 27.7 Å². The highest BCUT2D eigenvalue weighted by atomic mass is 79.9. The molecule has 0 unspecified atom stereocenters. The van der Waals surface area contributed by atoms with Gasteiger partial charge in [-0.05, 0) is 40.2 Å². The summed E-state index contributed by atoms with van der Waals surface area (Å²) in [5, 5.41) is 8.75. The number of hydrogen-bond acceptors (Lipinski definition) is 3. The molecule has 1 heterocycles. The van der Waals surface area contributed by atoms with Crippen LogP contribution in [0, 0.1) is 0 Å². The summed E-state index contributed by atoms with van der Waals surface area (Å²) in [7, 11) is 3.48. The number of ether oxygens (including phenoxy) is 1. The Balaban J connectivity index is 2.31. The highest BCUT2D eigenvalue weighted by molar-refractivity contribution is 9.10. The van der Waals surface area contributed by atoms with Gasteiger partial charge in [-0.3, -0.25) is 4.79 Å². The highest BCUT2D eigenvalue weighted by Gasteiger charge is 2.15. The number of nitrogens with zero attached hydrogens (tertiary/aromatic N) is 2. The second kappa shape index (κ2) is 6.09. The Labute approximate surface area is 125 Å². The molecule has 6 heteroatoms. The Hall–Kier alpha value is -1.82. The Bertz CT molecular complexity index is 620. The summed E-state index contributed by atoms with van der Waals surface area (Å²) in [5.74, 6) is 0.701. The molecule has 106 valence electrons. The molecule has 20 heavy (non-hydrogen) atoms. The number of carboxylic acids is 1. The van der Waals surface area contributed by atoms with Crippen molar-refractivity contribution in [2.24, 2.45) is 7.05 Å². The molecule has 0 radical (unpaired) electrons. The van der Waals surface area contributed by atoms with Crippen LogP contribution in [0.5, 0.6) is 5.75 Å². The fraction of sp³-hybridized carbons (Fsp3) is 0.286. The number of aliphatic carboxylic acids is 1. The van der Waals surface area contributed by atoms with Gasteiger partial charge in [-0.1, -0.05) is 0 Å². The third kappa shape index (κ3) is 3.01. The second-order valence-corrected chi connectivity index (χ2v) is 5.10. The molecule has 2 rings (SSSR count). The third-order valence-corrected chi connectivity index (χ3v) is 3.95. The average molecular weight is 339 g/mol. The molecule has 0 fully saturated rings. The van der Waals surface area contributed by atoms with Crippen LogP contribution in [0.2, 0.25) is 0 Å². The van der Waals surface area contributed by atoms with Gasteiger partial charge in [0.1, 0.15) is 21.9 Å². The fourth-order valence-corrected chi connectivity index (χ4v) is 2.42. The Morgan fingerprint density at radius 3 is 2.60 bits per heavy atom. The van der Waals surface area contributed by atoms with Gasteiger partial charge in [0.25, 0.3) is 0 Å². The van der Waals surface area contributed by atoms with Crippen molar-refractivity contribution < 1.29 is 14.6 Å². The Morgan fingerprint density at radius 2 is 2.05 bits per heavy atom. The number of hydrogen-bond donors (Lipinski definition) is 1. The van der Waals surface area contributed by atoms with Crippen molar-refractivity contribution in [2.75, 3.05) is 7.11 Å².